The molecular weight excluding hydrogens is 196 g/mol. The third-order valence-corrected chi connectivity index (χ3v) is 3.36. The molecule has 0 saturated carbocycles. The first kappa shape index (κ1) is 15.0. The fraction of sp³-hybridized carbons (Fsp3) is 0.714. The van der Waals surface area contributed by atoms with E-state index in [0.29, 0.717) is 11.8 Å². The van der Waals surface area contributed by atoms with Crippen molar-refractivity contribution in [3.8, 4) is 0 Å². The lowest BCUT2D eigenvalue weighted by molar-refractivity contribution is 0.311. The molecule has 0 aliphatic rings. The molecular formula is C14H26N2. The summed E-state index contributed by atoms with van der Waals surface area (Å²) >= 11 is 0. The van der Waals surface area contributed by atoms with E-state index in [1.807, 2.05) is 13.8 Å². The van der Waals surface area contributed by atoms with Gasteiger partial charge in [-0.2, -0.15) is 0 Å². The van der Waals surface area contributed by atoms with Gasteiger partial charge in [0.25, 0.3) is 0 Å². The van der Waals surface area contributed by atoms with Crippen molar-refractivity contribution in [3.05, 3.63) is 17.9 Å². The fourth-order valence-electron chi connectivity index (χ4n) is 2.26. The Bertz CT molecular complexity index is 294. The Balaban J connectivity index is 5.36. The molecule has 2 heteroatoms. The molecule has 2 atom stereocenters. The zero-order valence-corrected chi connectivity index (χ0v) is 11.4. The maximum absolute atomic E-state index is 5.75. The van der Waals surface area contributed by atoms with Gasteiger partial charge in [-0.15, -0.1) is 5.73 Å². The highest BCUT2D eigenvalue weighted by molar-refractivity contribution is 5.78. The summed E-state index contributed by atoms with van der Waals surface area (Å²) in [6.07, 6.45) is 3.42. The molecule has 0 aliphatic heterocycles. The van der Waals surface area contributed by atoms with E-state index in [1.54, 1.807) is 0 Å². The van der Waals surface area contributed by atoms with Crippen LogP contribution in [0.15, 0.2) is 22.9 Å². The second-order valence-electron chi connectivity index (χ2n) is 4.60. The van der Waals surface area contributed by atoms with Crippen LogP contribution in [-0.2, 0) is 0 Å². The molecule has 0 bridgehead atoms. The first-order valence-electron chi connectivity index (χ1n) is 6.11. The van der Waals surface area contributed by atoms with Crippen LogP contribution in [-0.4, -0.2) is 11.4 Å². The van der Waals surface area contributed by atoms with E-state index in [1.165, 1.54) is 0 Å². The molecule has 0 radical (unpaired) electrons. The highest BCUT2D eigenvalue weighted by Crippen LogP contribution is 2.34. The predicted molar refractivity (Wildman–Crippen MR) is 72.7 cm³/mol. The average molecular weight is 222 g/mol. The number of nitrogens with two attached hydrogens (primary N) is 1. The van der Waals surface area contributed by atoms with Gasteiger partial charge >= 0.3 is 0 Å². The fourth-order valence-corrected chi connectivity index (χ4v) is 2.26. The van der Waals surface area contributed by atoms with E-state index < -0.39 is 0 Å². The minimum atomic E-state index is -0.245. The first-order valence-corrected chi connectivity index (χ1v) is 6.11. The summed E-state index contributed by atoms with van der Waals surface area (Å²) in [6.45, 7) is 14.2. The van der Waals surface area contributed by atoms with Crippen molar-refractivity contribution in [3.63, 3.8) is 0 Å². The van der Waals surface area contributed by atoms with Crippen molar-refractivity contribution >= 4 is 5.84 Å². The van der Waals surface area contributed by atoms with Gasteiger partial charge in [-0.05, 0) is 38.7 Å². The van der Waals surface area contributed by atoms with Crippen LogP contribution < -0.4 is 5.73 Å². The summed E-state index contributed by atoms with van der Waals surface area (Å²) in [5.41, 5.74) is 9.57. The van der Waals surface area contributed by atoms with E-state index in [-0.39, 0.29) is 5.54 Å². The molecule has 92 valence electrons. The van der Waals surface area contributed by atoms with Gasteiger partial charge in [0.15, 0.2) is 0 Å². The summed E-state index contributed by atoms with van der Waals surface area (Å²) in [5.74, 6) is 1.14. The topological polar surface area (TPSA) is 38.4 Å². The maximum Gasteiger partial charge on any atom is 0.0916 e. The highest BCUT2D eigenvalue weighted by Gasteiger charge is 2.33. The summed E-state index contributed by atoms with van der Waals surface area (Å²) < 4.78 is 0. The molecule has 0 heterocycles. The number of aliphatic imine (C=N–C) groups is 1. The summed E-state index contributed by atoms with van der Waals surface area (Å²) in [7, 11) is 0. The van der Waals surface area contributed by atoms with Gasteiger partial charge in [0.1, 0.15) is 0 Å². The molecule has 0 amide bonds. The minimum absolute atomic E-state index is 0.245. The lowest BCUT2D eigenvalue weighted by Crippen LogP contribution is -2.35. The Morgan fingerprint density at radius 3 is 2.31 bits per heavy atom. The molecule has 0 fully saturated rings. The molecule has 0 rings (SSSR count). The maximum atomic E-state index is 5.75. The van der Waals surface area contributed by atoms with Gasteiger partial charge in [0.05, 0.1) is 11.4 Å². The van der Waals surface area contributed by atoms with Crippen LogP contribution in [0.5, 0.6) is 0 Å². The van der Waals surface area contributed by atoms with Gasteiger partial charge < -0.3 is 5.73 Å². The van der Waals surface area contributed by atoms with E-state index in [0.717, 1.165) is 24.8 Å². The Kier molecular flexibility index (Phi) is 6.13. The second kappa shape index (κ2) is 6.55. The summed E-state index contributed by atoms with van der Waals surface area (Å²) in [4.78, 5) is 4.62. The van der Waals surface area contributed by atoms with Crippen molar-refractivity contribution < 1.29 is 0 Å². The van der Waals surface area contributed by atoms with Crippen LogP contribution in [0.2, 0.25) is 0 Å². The van der Waals surface area contributed by atoms with Crippen molar-refractivity contribution in [2.24, 2.45) is 16.6 Å². The summed E-state index contributed by atoms with van der Waals surface area (Å²) in [6, 6.07) is 0. The Morgan fingerprint density at radius 1 is 1.44 bits per heavy atom. The molecule has 16 heavy (non-hydrogen) atoms. The van der Waals surface area contributed by atoms with Crippen molar-refractivity contribution in [1.82, 2.24) is 0 Å². The monoisotopic (exact) mass is 222 g/mol. The molecule has 2 nitrogen and oxygen atoms in total. The van der Waals surface area contributed by atoms with Gasteiger partial charge in [0, 0.05) is 0 Å². The van der Waals surface area contributed by atoms with Crippen molar-refractivity contribution in [2.45, 2.75) is 59.4 Å². The van der Waals surface area contributed by atoms with Gasteiger partial charge in [-0.1, -0.05) is 33.3 Å². The SMILES string of the molecule is C=C=C(C)C(C)(N=C(C)N)[C@@H](CC)CCC. The van der Waals surface area contributed by atoms with Crippen LogP contribution in [0, 0.1) is 5.92 Å². The van der Waals surface area contributed by atoms with Crippen LogP contribution in [0.1, 0.15) is 53.9 Å². The van der Waals surface area contributed by atoms with Crippen molar-refractivity contribution in [2.75, 3.05) is 0 Å². The largest absolute Gasteiger partial charge is 0.388 e. The number of nitrogens with zero attached hydrogens (tertiary/aromatic N) is 1. The van der Waals surface area contributed by atoms with E-state index in [4.69, 9.17) is 5.73 Å². The third kappa shape index (κ3) is 3.53. The molecule has 0 aromatic rings. The standard InChI is InChI=1S/C14H26N2/c1-7-10-13(9-3)14(6,11(4)8-2)16-12(5)15/h13H,2,7,9-10H2,1,3-6H3,(H2,15,16)/t13-,14?/m0/s1. The molecule has 0 aromatic carbocycles. The lowest BCUT2D eigenvalue weighted by atomic mass is 9.76. The number of rotatable bonds is 6. The van der Waals surface area contributed by atoms with Gasteiger partial charge in [-0.3, -0.25) is 4.99 Å². The molecule has 0 aromatic heterocycles. The second-order valence-corrected chi connectivity index (χ2v) is 4.60. The number of amidine groups is 1. The van der Waals surface area contributed by atoms with Crippen LogP contribution in [0.4, 0.5) is 0 Å². The van der Waals surface area contributed by atoms with Crippen LogP contribution in [0.3, 0.4) is 0 Å². The Labute approximate surface area is 100 Å². The Morgan fingerprint density at radius 2 is 2.00 bits per heavy atom. The quantitative estimate of drug-likeness (QED) is 0.415. The lowest BCUT2D eigenvalue weighted by Gasteiger charge is -2.34. The number of hydrogen-bond acceptors (Lipinski definition) is 1. The van der Waals surface area contributed by atoms with Crippen LogP contribution >= 0.6 is 0 Å². The molecule has 2 N–H and O–H groups in total. The van der Waals surface area contributed by atoms with E-state index in [9.17, 15) is 0 Å². The normalized spacial score (nSPS) is 17.4. The van der Waals surface area contributed by atoms with E-state index >= 15 is 0 Å². The molecule has 0 aliphatic carbocycles. The predicted octanol–water partition coefficient (Wildman–Crippen LogP) is 3.68. The van der Waals surface area contributed by atoms with Gasteiger partial charge in [-0.25, -0.2) is 0 Å². The molecule has 0 saturated heterocycles. The zero-order valence-electron chi connectivity index (χ0n) is 11.4. The molecule has 1 unspecified atom stereocenters. The third-order valence-electron chi connectivity index (χ3n) is 3.36. The smallest absolute Gasteiger partial charge is 0.0916 e. The average Bonchev–Trinajstić information content (AvgIpc) is 2.23. The molecule has 0 spiro atoms. The highest BCUT2D eigenvalue weighted by atomic mass is 14.9. The van der Waals surface area contributed by atoms with Crippen LogP contribution in [0.25, 0.3) is 0 Å². The van der Waals surface area contributed by atoms with Crippen molar-refractivity contribution in [1.29, 1.82) is 0 Å². The minimum Gasteiger partial charge on any atom is -0.388 e. The summed E-state index contributed by atoms with van der Waals surface area (Å²) in [5, 5.41) is 0. The van der Waals surface area contributed by atoms with Gasteiger partial charge in [0.2, 0.25) is 0 Å². The number of hydrogen-bond donors (Lipinski definition) is 1. The van der Waals surface area contributed by atoms with E-state index in [2.05, 4.69) is 38.1 Å². The Hall–Kier alpha value is -1.01. The first-order chi connectivity index (χ1) is 7.42. The zero-order chi connectivity index (χ0) is 12.8.